The summed E-state index contributed by atoms with van der Waals surface area (Å²) in [6, 6.07) is 10.6. The molecular formula is C16H20N2O2S. The summed E-state index contributed by atoms with van der Waals surface area (Å²) in [5.74, 6) is 0.304. The van der Waals surface area contributed by atoms with Crippen LogP contribution in [0.1, 0.15) is 36.6 Å². The zero-order valence-electron chi connectivity index (χ0n) is 12.3. The summed E-state index contributed by atoms with van der Waals surface area (Å²) in [5.41, 5.74) is 8.01. The van der Waals surface area contributed by atoms with Crippen molar-refractivity contribution in [3.63, 3.8) is 0 Å². The Hall–Kier alpha value is -1.72. The van der Waals surface area contributed by atoms with Gasteiger partial charge in [-0.2, -0.15) is 0 Å². The molecule has 0 bridgehead atoms. The van der Waals surface area contributed by atoms with Crippen LogP contribution in [0.15, 0.2) is 47.5 Å². The highest BCUT2D eigenvalue weighted by Crippen LogP contribution is 2.21. The third kappa shape index (κ3) is 3.68. The fourth-order valence-corrected chi connectivity index (χ4v) is 3.52. The van der Waals surface area contributed by atoms with E-state index in [4.69, 9.17) is 5.73 Å². The molecule has 112 valence electrons. The van der Waals surface area contributed by atoms with Crippen molar-refractivity contribution in [1.29, 1.82) is 0 Å². The van der Waals surface area contributed by atoms with Gasteiger partial charge in [0.1, 0.15) is 0 Å². The molecule has 2 rings (SSSR count). The number of hydrogen-bond donors (Lipinski definition) is 1. The Morgan fingerprint density at radius 3 is 2.38 bits per heavy atom. The third-order valence-electron chi connectivity index (χ3n) is 3.43. The van der Waals surface area contributed by atoms with Crippen molar-refractivity contribution in [2.45, 2.75) is 37.0 Å². The van der Waals surface area contributed by atoms with Crippen molar-refractivity contribution < 1.29 is 8.42 Å². The Bertz CT molecular complexity index is 707. The number of sulfone groups is 1. The van der Waals surface area contributed by atoms with Gasteiger partial charge in [-0.25, -0.2) is 8.42 Å². The molecular weight excluding hydrogens is 284 g/mol. The van der Waals surface area contributed by atoms with Gasteiger partial charge >= 0.3 is 0 Å². The smallest absolute Gasteiger partial charge is 0.182 e. The van der Waals surface area contributed by atoms with Crippen molar-refractivity contribution in [1.82, 2.24) is 4.98 Å². The van der Waals surface area contributed by atoms with E-state index >= 15 is 0 Å². The van der Waals surface area contributed by atoms with Gasteiger partial charge < -0.3 is 5.73 Å². The molecule has 2 aromatic rings. The van der Waals surface area contributed by atoms with Crippen LogP contribution in [0, 0.1) is 0 Å². The van der Waals surface area contributed by atoms with E-state index in [0.717, 1.165) is 5.56 Å². The zero-order chi connectivity index (χ0) is 15.5. The molecule has 1 heterocycles. The van der Waals surface area contributed by atoms with Crippen LogP contribution in [0.4, 0.5) is 0 Å². The predicted molar refractivity (Wildman–Crippen MR) is 83.5 cm³/mol. The van der Waals surface area contributed by atoms with Crippen molar-refractivity contribution in [3.05, 3.63) is 59.4 Å². The lowest BCUT2D eigenvalue weighted by molar-refractivity contribution is 0.595. The number of hydrogen-bond acceptors (Lipinski definition) is 4. The molecule has 2 N–H and O–H groups in total. The van der Waals surface area contributed by atoms with Gasteiger partial charge in [0.25, 0.3) is 0 Å². The van der Waals surface area contributed by atoms with E-state index in [2.05, 4.69) is 18.8 Å². The maximum Gasteiger partial charge on any atom is 0.182 e. The summed E-state index contributed by atoms with van der Waals surface area (Å²) in [7, 11) is -3.38. The van der Waals surface area contributed by atoms with Crippen molar-refractivity contribution in [2.24, 2.45) is 5.73 Å². The minimum atomic E-state index is -3.38. The molecule has 0 unspecified atom stereocenters. The normalized spacial score (nSPS) is 11.8. The first-order chi connectivity index (χ1) is 9.94. The second kappa shape index (κ2) is 6.37. The Kier molecular flexibility index (Phi) is 4.75. The van der Waals surface area contributed by atoms with E-state index in [1.807, 2.05) is 12.1 Å². The lowest BCUT2D eigenvalue weighted by Crippen LogP contribution is -2.10. The highest BCUT2D eigenvalue weighted by Gasteiger charge is 2.17. The van der Waals surface area contributed by atoms with Gasteiger partial charge in [-0.3, -0.25) is 4.98 Å². The minimum Gasteiger partial charge on any atom is -0.325 e. The Balaban J connectivity index is 2.30. The molecule has 0 spiro atoms. The second-order valence-corrected chi connectivity index (χ2v) is 7.29. The van der Waals surface area contributed by atoms with Crippen molar-refractivity contribution >= 4 is 9.84 Å². The summed E-state index contributed by atoms with van der Waals surface area (Å²) in [4.78, 5) is 4.46. The van der Waals surface area contributed by atoms with Gasteiger partial charge in [-0.05, 0) is 35.2 Å². The first kappa shape index (κ1) is 15.7. The van der Waals surface area contributed by atoms with Crippen LogP contribution < -0.4 is 5.73 Å². The lowest BCUT2D eigenvalue weighted by atomic mass is 10.0. The van der Waals surface area contributed by atoms with Crippen LogP contribution in [0.25, 0.3) is 0 Å². The zero-order valence-corrected chi connectivity index (χ0v) is 13.1. The maximum absolute atomic E-state index is 12.5. The minimum absolute atomic E-state index is 0.0750. The SMILES string of the molecule is CC(C)c1ccc(S(=O)(=O)Cc2cccnc2CN)cc1. The molecule has 1 aromatic heterocycles. The molecule has 0 aliphatic heterocycles. The van der Waals surface area contributed by atoms with Gasteiger partial charge in [-0.15, -0.1) is 0 Å². The summed E-state index contributed by atoms with van der Waals surface area (Å²) in [5, 5.41) is 0. The highest BCUT2D eigenvalue weighted by atomic mass is 32.2. The second-order valence-electron chi connectivity index (χ2n) is 5.30. The lowest BCUT2D eigenvalue weighted by Gasteiger charge is -2.10. The maximum atomic E-state index is 12.5. The summed E-state index contributed by atoms with van der Waals surface area (Å²) >= 11 is 0. The molecule has 0 atom stereocenters. The summed E-state index contributed by atoms with van der Waals surface area (Å²) in [6.07, 6.45) is 1.62. The van der Waals surface area contributed by atoms with Crippen molar-refractivity contribution in [3.8, 4) is 0 Å². The average Bonchev–Trinajstić information content (AvgIpc) is 2.47. The molecule has 1 aromatic carbocycles. The van der Waals surface area contributed by atoms with E-state index in [1.54, 1.807) is 30.5 Å². The summed E-state index contributed by atoms with van der Waals surface area (Å²) in [6.45, 7) is 4.39. The molecule has 0 aliphatic rings. The standard InChI is InChI=1S/C16H20N2O2S/c1-12(2)13-5-7-15(8-6-13)21(19,20)11-14-4-3-9-18-16(14)10-17/h3-9,12H,10-11,17H2,1-2H3. The third-order valence-corrected chi connectivity index (χ3v) is 5.11. The van der Waals surface area contributed by atoms with Gasteiger partial charge in [-0.1, -0.05) is 32.0 Å². The highest BCUT2D eigenvalue weighted by molar-refractivity contribution is 7.90. The van der Waals surface area contributed by atoms with E-state index in [9.17, 15) is 8.42 Å². The van der Waals surface area contributed by atoms with E-state index in [0.29, 0.717) is 22.1 Å². The van der Waals surface area contributed by atoms with Crippen LogP contribution in [0.2, 0.25) is 0 Å². The van der Waals surface area contributed by atoms with Crippen LogP contribution >= 0.6 is 0 Å². The van der Waals surface area contributed by atoms with Crippen LogP contribution in [-0.4, -0.2) is 13.4 Å². The monoisotopic (exact) mass is 304 g/mol. The number of rotatable bonds is 5. The number of aromatic nitrogens is 1. The van der Waals surface area contributed by atoms with E-state index in [-0.39, 0.29) is 12.3 Å². The predicted octanol–water partition coefficient (Wildman–Crippen LogP) is 2.64. The quantitative estimate of drug-likeness (QED) is 0.921. The van der Waals surface area contributed by atoms with Crippen LogP contribution in [0.5, 0.6) is 0 Å². The first-order valence-corrected chi connectivity index (χ1v) is 8.55. The van der Waals surface area contributed by atoms with Crippen molar-refractivity contribution in [2.75, 3.05) is 0 Å². The molecule has 0 aliphatic carbocycles. The van der Waals surface area contributed by atoms with E-state index < -0.39 is 9.84 Å². The fraction of sp³-hybridized carbons (Fsp3) is 0.312. The fourth-order valence-electron chi connectivity index (χ4n) is 2.13. The Labute approximate surface area is 125 Å². The molecule has 5 heteroatoms. The van der Waals surface area contributed by atoms with Gasteiger partial charge in [0.2, 0.25) is 0 Å². The summed E-state index contributed by atoms with van der Waals surface area (Å²) < 4.78 is 25.0. The van der Waals surface area contributed by atoms with Crippen LogP contribution in [-0.2, 0) is 22.1 Å². The Morgan fingerprint density at radius 2 is 1.81 bits per heavy atom. The number of nitrogens with two attached hydrogens (primary N) is 1. The number of nitrogens with zero attached hydrogens (tertiary/aromatic N) is 1. The number of benzene rings is 1. The largest absolute Gasteiger partial charge is 0.325 e. The molecule has 4 nitrogen and oxygen atoms in total. The topological polar surface area (TPSA) is 73.0 Å². The molecule has 0 saturated heterocycles. The molecule has 0 radical (unpaired) electrons. The number of pyridine rings is 1. The molecule has 0 saturated carbocycles. The molecule has 0 fully saturated rings. The van der Waals surface area contributed by atoms with Gasteiger partial charge in [0.05, 0.1) is 16.3 Å². The average molecular weight is 304 g/mol. The van der Waals surface area contributed by atoms with Crippen LogP contribution in [0.3, 0.4) is 0 Å². The van der Waals surface area contributed by atoms with E-state index in [1.165, 1.54) is 0 Å². The molecule has 21 heavy (non-hydrogen) atoms. The van der Waals surface area contributed by atoms with Gasteiger partial charge in [0, 0.05) is 12.7 Å². The van der Waals surface area contributed by atoms with Gasteiger partial charge in [0.15, 0.2) is 9.84 Å². The first-order valence-electron chi connectivity index (χ1n) is 6.89. The molecule has 0 amide bonds. The Morgan fingerprint density at radius 1 is 1.14 bits per heavy atom.